The van der Waals surface area contributed by atoms with Crippen molar-refractivity contribution >= 4 is 17.8 Å². The number of carbonyl (C=O) groups is 3. The Balaban J connectivity index is 0.000000294. The number of aromatic amines is 1. The summed E-state index contributed by atoms with van der Waals surface area (Å²) in [6, 6.07) is 66.7. The van der Waals surface area contributed by atoms with E-state index in [4.69, 9.17) is 19.7 Å². The SMILES string of the molecule is CC(C)(C)N[C@@H](C(=O)O)c1ccc(C(C)(C)C)cc1.CC(C)(C)N[C@@H](C(N)=O)c1ccc(C(C)(C)C)cc1.CC(C)(C)N[C@@H](CC(=O)O)c1ccc(C(C)(C)C)cc1.CC(C)(C)N[C@@H](c1ccncc1)c1ccc(C(C)(C)C)cc1.CC(C)(C)N[C@H](c1ccc(C(C)(C)C)cc1)c1ccco1.CC(C)(C)N[C@H](c1ccc(C(C)(C)C)cc1)c1cn[nH]n1.CC(C)(C)N[C@H](c1ccc(C(C)(C)C)cc1)c1cocn1. The standard InChI is InChI=1S/C20H28N2.C19H27NO.C18H26N2O.C17H26N4.C17H27NO2.C16H26N2O.C16H25NO2/c1-19(2,3)17-9-7-15(8-10-17)18(22-20(4,5)6)16-11-13-21-14-12-16;1-18(2,3)15-11-9-14(10-12-15)17(20-19(4,5)6)16-8-7-13-21-16;1-17(2,3)14-9-7-13(8-10-14)16(20-18(4,5)6)15-11-21-12-19-15;1-16(2,3)13-9-7-12(8-10-13)15(19-17(4,5)6)14-11-18-21-20-14;1-16(2,3)13-9-7-12(8-10-13)14(11-15(19)20)18-17(4,5)6;1-15(2,3)12-9-7-11(8-10-12)13(14(17)19)18-16(4,5)6;1-15(2,3)12-9-7-11(8-10-12)13(14(18)19)17-16(4,5)6/h7-14,18,22H,1-6H3;7-13,17,20H,1-6H3;7-12,16,20H,1-6H3;7-11,15,19H,1-6H3,(H,18,20,21);7-10,14,18H,11H2,1-6H3,(H,19,20);7-10,13,18H,1-6H3,(H2,17,19);7-10,13,17H,1-6H3,(H,18,19)/t18-;17-;16-;15-;14-;2*13-/m1111011/s1. The number of hydrogen-bond donors (Lipinski definition) is 11. The third kappa shape index (κ3) is 44.9. The van der Waals surface area contributed by atoms with Gasteiger partial charge in [0.05, 0.1) is 43.0 Å². The molecule has 0 saturated carbocycles. The highest BCUT2D eigenvalue weighted by Gasteiger charge is 2.33. The first kappa shape index (κ1) is 123. The van der Waals surface area contributed by atoms with Crippen LogP contribution in [0.25, 0.3) is 0 Å². The van der Waals surface area contributed by atoms with Crippen molar-refractivity contribution in [2.24, 2.45) is 5.73 Å². The van der Waals surface area contributed by atoms with E-state index in [1.54, 1.807) is 18.7 Å². The van der Waals surface area contributed by atoms with Crippen LogP contribution in [-0.2, 0) is 52.3 Å². The molecule has 4 heterocycles. The van der Waals surface area contributed by atoms with Crippen molar-refractivity contribution in [2.75, 3.05) is 0 Å². The maximum absolute atomic E-state index is 11.6. The molecule has 0 spiro atoms. The summed E-state index contributed by atoms with van der Waals surface area (Å²) in [5.41, 5.74) is 25.8. The van der Waals surface area contributed by atoms with Gasteiger partial charge in [0.25, 0.3) is 0 Å². The summed E-state index contributed by atoms with van der Waals surface area (Å²) in [4.78, 5) is 42.5. The number of H-pyrrole nitrogens is 1. The zero-order chi connectivity index (χ0) is 109. The summed E-state index contributed by atoms with van der Waals surface area (Å²) in [7, 11) is 0. The maximum atomic E-state index is 11.6. The minimum absolute atomic E-state index is 0.00762. The van der Waals surface area contributed by atoms with Gasteiger partial charge in [0.15, 0.2) is 6.39 Å². The molecule has 784 valence electrons. The van der Waals surface area contributed by atoms with Crippen LogP contribution in [0.5, 0.6) is 0 Å². The Labute approximate surface area is 862 Å². The van der Waals surface area contributed by atoms with Gasteiger partial charge in [-0.1, -0.05) is 315 Å². The molecule has 12 N–H and O–H groups in total. The van der Waals surface area contributed by atoms with Crippen molar-refractivity contribution in [1.29, 1.82) is 0 Å². The highest BCUT2D eigenvalue weighted by molar-refractivity contribution is 5.81. The Kier molecular flexibility index (Phi) is 43.4. The number of nitrogens with two attached hydrogens (primary N) is 1. The fraction of sp³-hybridized carbons (Fsp3) is 0.520. The molecule has 0 aliphatic heterocycles. The number of aromatic nitrogens is 5. The van der Waals surface area contributed by atoms with E-state index >= 15 is 0 Å². The lowest BCUT2D eigenvalue weighted by atomic mass is 9.85. The quantitative estimate of drug-likeness (QED) is 0.0301. The lowest BCUT2D eigenvalue weighted by molar-refractivity contribution is -0.140. The van der Waals surface area contributed by atoms with Crippen molar-refractivity contribution in [1.82, 2.24) is 62.6 Å². The van der Waals surface area contributed by atoms with Gasteiger partial charge in [-0.3, -0.25) is 35.3 Å². The Hall–Kier alpha value is -10.6. The minimum Gasteiger partial charge on any atom is -0.481 e. The van der Waals surface area contributed by atoms with Crippen LogP contribution in [0, 0.1) is 0 Å². The first-order valence-corrected chi connectivity index (χ1v) is 50.7. The molecular formula is C123H185N13O7. The van der Waals surface area contributed by atoms with Crippen LogP contribution in [0.2, 0.25) is 0 Å². The molecule has 0 unspecified atom stereocenters. The lowest BCUT2D eigenvalue weighted by Crippen LogP contribution is -2.44. The van der Waals surface area contributed by atoms with Gasteiger partial charge in [-0.2, -0.15) is 15.4 Å². The van der Waals surface area contributed by atoms with Gasteiger partial charge in [-0.15, -0.1) is 0 Å². The number of pyridine rings is 1. The smallest absolute Gasteiger partial charge is 0.325 e. The molecule has 7 aromatic carbocycles. The average Bonchev–Trinajstić information content (AvgIpc) is 1.58. The van der Waals surface area contributed by atoms with Crippen molar-refractivity contribution in [2.45, 2.75) is 416 Å². The number of amides is 1. The third-order valence-electron chi connectivity index (χ3n) is 23.2. The predicted octanol–water partition coefficient (Wildman–Crippen LogP) is 28.2. The minimum atomic E-state index is -0.849. The van der Waals surface area contributed by atoms with Gasteiger partial charge in [0, 0.05) is 57.2 Å². The number of hydrogen-bond acceptors (Lipinski definition) is 16. The van der Waals surface area contributed by atoms with E-state index in [1.165, 1.54) is 73.2 Å². The molecule has 7 atom stereocenters. The Bertz CT molecular complexity index is 5200. The highest BCUT2D eigenvalue weighted by atomic mass is 16.4. The normalized spacial score (nSPS) is 14.1. The Morgan fingerprint density at radius 3 is 0.860 bits per heavy atom. The maximum Gasteiger partial charge on any atom is 0.325 e. The second-order valence-electron chi connectivity index (χ2n) is 52.5. The first-order valence-electron chi connectivity index (χ1n) is 50.7. The largest absolute Gasteiger partial charge is 0.481 e. The summed E-state index contributed by atoms with van der Waals surface area (Å²) in [5.74, 6) is -1.03. The number of nitrogens with zero attached hydrogens (tertiary/aromatic N) is 4. The number of benzene rings is 7. The average molecular weight is 1960 g/mol. The molecule has 0 fully saturated rings. The Morgan fingerprint density at radius 1 is 0.322 bits per heavy atom. The highest BCUT2D eigenvalue weighted by Crippen LogP contribution is 2.37. The number of nitrogens with one attached hydrogen (secondary N) is 8. The van der Waals surface area contributed by atoms with Crippen molar-refractivity contribution in [3.8, 4) is 0 Å². The second-order valence-corrected chi connectivity index (χ2v) is 52.5. The molecular weight excluding hydrogens is 1770 g/mol. The van der Waals surface area contributed by atoms with E-state index < -0.39 is 24.0 Å². The van der Waals surface area contributed by atoms with Gasteiger partial charge in [0.2, 0.25) is 5.91 Å². The second kappa shape index (κ2) is 50.5. The summed E-state index contributed by atoms with van der Waals surface area (Å²) in [5, 5.41) is 53.7. The van der Waals surface area contributed by atoms with Crippen LogP contribution in [0.15, 0.2) is 240 Å². The zero-order valence-electron chi connectivity index (χ0n) is 95.5. The number of carbonyl (C=O) groups excluding carboxylic acids is 1. The fourth-order valence-electron chi connectivity index (χ4n) is 15.5. The van der Waals surface area contributed by atoms with Crippen LogP contribution in [0.3, 0.4) is 0 Å². The number of oxazole rings is 1. The molecule has 4 aromatic heterocycles. The van der Waals surface area contributed by atoms with Crippen molar-refractivity contribution < 1.29 is 33.4 Å². The first-order chi connectivity index (χ1) is 65.2. The number of primary amides is 1. The van der Waals surface area contributed by atoms with Crippen molar-refractivity contribution in [3.05, 3.63) is 332 Å². The summed E-state index contributed by atoms with van der Waals surface area (Å²) in [6.07, 6.45) is 10.5. The van der Waals surface area contributed by atoms with E-state index in [-0.39, 0.29) is 119 Å². The lowest BCUT2D eigenvalue weighted by Gasteiger charge is -2.30. The van der Waals surface area contributed by atoms with Gasteiger partial charge >= 0.3 is 11.9 Å². The summed E-state index contributed by atoms with van der Waals surface area (Å²) in [6.45, 7) is 90.4. The van der Waals surface area contributed by atoms with Gasteiger partial charge in [0.1, 0.15) is 35.5 Å². The number of carboxylic acids is 2. The molecule has 20 heteroatoms. The van der Waals surface area contributed by atoms with Crippen LogP contribution in [0.1, 0.15) is 440 Å². The van der Waals surface area contributed by atoms with E-state index in [1.807, 2.05) is 135 Å². The van der Waals surface area contributed by atoms with Gasteiger partial charge in [-0.05, 0) is 291 Å². The molecule has 0 aliphatic carbocycles. The number of aliphatic carboxylic acids is 2. The topological polar surface area (TPSA) is 296 Å². The number of rotatable bonds is 22. The molecule has 1 amide bonds. The molecule has 20 nitrogen and oxygen atoms in total. The molecule has 0 bridgehead atoms. The van der Waals surface area contributed by atoms with E-state index in [2.05, 4.69) is 425 Å². The fourth-order valence-corrected chi connectivity index (χ4v) is 15.5. The van der Waals surface area contributed by atoms with Crippen LogP contribution in [-0.4, -0.2) is 92.2 Å². The number of furan rings is 1. The van der Waals surface area contributed by atoms with Gasteiger partial charge in [-0.25, -0.2) is 4.98 Å². The summed E-state index contributed by atoms with van der Waals surface area (Å²) >= 11 is 0. The Morgan fingerprint density at radius 2 is 0.594 bits per heavy atom. The van der Waals surface area contributed by atoms with Crippen molar-refractivity contribution in [3.63, 3.8) is 0 Å². The van der Waals surface area contributed by atoms with E-state index in [9.17, 15) is 19.5 Å². The molecule has 11 rings (SSSR count). The van der Waals surface area contributed by atoms with Gasteiger partial charge < -0.3 is 46.0 Å². The van der Waals surface area contributed by atoms with E-state index in [0.717, 1.165) is 33.8 Å². The molecule has 143 heavy (non-hydrogen) atoms. The summed E-state index contributed by atoms with van der Waals surface area (Å²) < 4.78 is 10.8. The van der Waals surface area contributed by atoms with Crippen LogP contribution in [0.4, 0.5) is 0 Å². The monoisotopic (exact) mass is 1960 g/mol. The third-order valence-corrected chi connectivity index (χ3v) is 23.2. The zero-order valence-corrected chi connectivity index (χ0v) is 95.5. The molecule has 11 aromatic rings. The molecule has 0 aliphatic rings. The van der Waals surface area contributed by atoms with Crippen LogP contribution < -0.4 is 43.0 Å². The van der Waals surface area contributed by atoms with E-state index in [0.29, 0.717) is 0 Å². The molecule has 0 saturated heterocycles. The van der Waals surface area contributed by atoms with Crippen LogP contribution >= 0.6 is 0 Å². The molecule has 0 radical (unpaired) electrons. The number of carboxylic acid groups (broad SMARTS) is 2. The predicted molar refractivity (Wildman–Crippen MR) is 597 cm³/mol.